The molecule has 1 unspecified atom stereocenters. The van der Waals surface area contributed by atoms with Crippen molar-refractivity contribution in [2.24, 2.45) is 5.92 Å². The van der Waals surface area contributed by atoms with Gasteiger partial charge in [-0.2, -0.15) is 0 Å². The van der Waals surface area contributed by atoms with Crippen LogP contribution in [0.2, 0.25) is 0 Å². The van der Waals surface area contributed by atoms with Gasteiger partial charge >= 0.3 is 0 Å². The summed E-state index contributed by atoms with van der Waals surface area (Å²) in [4.78, 5) is 2.56. The van der Waals surface area contributed by atoms with Gasteiger partial charge in [0, 0.05) is 28.9 Å². The molecule has 1 aliphatic heterocycles. The fourth-order valence-electron chi connectivity index (χ4n) is 2.43. The van der Waals surface area contributed by atoms with Gasteiger partial charge in [-0.3, -0.25) is 0 Å². The molecule has 3 N–H and O–H groups in total. The molecule has 1 aromatic carbocycles. The van der Waals surface area contributed by atoms with Crippen LogP contribution in [-0.2, 0) is 0 Å². The highest BCUT2D eigenvalue weighted by atomic mass is 79.9. The number of nitrogens with zero attached hydrogens (tertiary/aromatic N) is 1. The Morgan fingerprint density at radius 2 is 2.11 bits per heavy atom. The number of nitrogens with one attached hydrogen (secondary N) is 1. The Morgan fingerprint density at radius 3 is 2.78 bits per heavy atom. The summed E-state index contributed by atoms with van der Waals surface area (Å²) < 4.78 is 1.04. The molecule has 1 aliphatic rings. The van der Waals surface area contributed by atoms with Gasteiger partial charge in [0.1, 0.15) is 0 Å². The molecule has 100 valence electrons. The summed E-state index contributed by atoms with van der Waals surface area (Å²) in [7, 11) is 0. The van der Waals surface area contributed by atoms with Crippen molar-refractivity contribution in [3.63, 3.8) is 0 Å². The topological polar surface area (TPSA) is 41.3 Å². The number of nitrogen functional groups attached to an aromatic ring is 1. The first kappa shape index (κ1) is 13.7. The number of rotatable bonds is 5. The molecular formula is C14H22BrN3. The van der Waals surface area contributed by atoms with Crippen molar-refractivity contribution in [3.8, 4) is 0 Å². The summed E-state index contributed by atoms with van der Waals surface area (Å²) in [6.45, 7) is 7.04. The van der Waals surface area contributed by atoms with E-state index < -0.39 is 0 Å². The number of likely N-dealkylation sites (tertiary alicyclic amines) is 1. The average molecular weight is 312 g/mol. The molecule has 1 heterocycles. The van der Waals surface area contributed by atoms with Crippen molar-refractivity contribution in [2.75, 3.05) is 37.2 Å². The zero-order valence-corrected chi connectivity index (χ0v) is 12.5. The zero-order chi connectivity index (χ0) is 13.0. The number of halogens is 1. The summed E-state index contributed by atoms with van der Waals surface area (Å²) in [5.74, 6) is 0.660. The highest BCUT2D eigenvalue weighted by molar-refractivity contribution is 9.10. The van der Waals surface area contributed by atoms with E-state index in [2.05, 4.69) is 33.1 Å². The molecule has 0 amide bonds. The Morgan fingerprint density at radius 1 is 1.39 bits per heavy atom. The maximum absolute atomic E-state index is 5.73. The maximum atomic E-state index is 5.73. The Hall–Kier alpha value is -0.740. The lowest BCUT2D eigenvalue weighted by molar-refractivity contribution is 0.294. The van der Waals surface area contributed by atoms with Crippen molar-refractivity contribution >= 4 is 27.3 Å². The highest BCUT2D eigenvalue weighted by Gasteiger charge is 2.14. The summed E-state index contributed by atoms with van der Waals surface area (Å²) in [5, 5.41) is 3.48. The number of nitrogens with two attached hydrogens (primary N) is 1. The predicted molar refractivity (Wildman–Crippen MR) is 81.9 cm³/mol. The van der Waals surface area contributed by atoms with Crippen LogP contribution < -0.4 is 11.1 Å². The third-order valence-corrected chi connectivity index (χ3v) is 4.06. The molecule has 0 radical (unpaired) electrons. The van der Waals surface area contributed by atoms with Gasteiger partial charge in [0.25, 0.3) is 0 Å². The van der Waals surface area contributed by atoms with E-state index in [1.54, 1.807) is 0 Å². The second kappa shape index (κ2) is 6.43. The van der Waals surface area contributed by atoms with Crippen molar-refractivity contribution in [3.05, 3.63) is 22.7 Å². The Balaban J connectivity index is 1.79. The molecule has 18 heavy (non-hydrogen) atoms. The molecule has 0 spiro atoms. The van der Waals surface area contributed by atoms with Crippen molar-refractivity contribution in [2.45, 2.75) is 19.8 Å². The summed E-state index contributed by atoms with van der Waals surface area (Å²) in [6.07, 6.45) is 2.73. The Bertz CT molecular complexity index is 389. The molecule has 1 atom stereocenters. The molecule has 1 aromatic rings. The fourth-order valence-corrected chi connectivity index (χ4v) is 2.97. The standard InChI is InChI=1S/C14H22BrN3/c1-11(10-18-6-2-3-7-18)9-17-14-5-4-12(16)8-13(14)15/h4-5,8,11,17H,2-3,6-7,9-10,16H2,1H3. The van der Waals surface area contributed by atoms with Crippen LogP contribution in [0.15, 0.2) is 22.7 Å². The first-order valence-corrected chi connectivity index (χ1v) is 7.45. The second-order valence-corrected chi connectivity index (χ2v) is 6.09. The normalized spacial score (nSPS) is 17.9. The summed E-state index contributed by atoms with van der Waals surface area (Å²) in [6, 6.07) is 5.90. The van der Waals surface area contributed by atoms with E-state index in [0.29, 0.717) is 5.92 Å². The molecule has 1 fully saturated rings. The smallest absolute Gasteiger partial charge is 0.0486 e. The van der Waals surface area contributed by atoms with E-state index in [1.165, 1.54) is 32.5 Å². The van der Waals surface area contributed by atoms with E-state index in [0.717, 1.165) is 22.4 Å². The lowest BCUT2D eigenvalue weighted by Gasteiger charge is -2.21. The van der Waals surface area contributed by atoms with Crippen LogP contribution >= 0.6 is 15.9 Å². The van der Waals surface area contributed by atoms with E-state index in [1.807, 2.05) is 18.2 Å². The Labute approximate surface area is 118 Å². The number of anilines is 2. The third kappa shape index (κ3) is 3.89. The zero-order valence-electron chi connectivity index (χ0n) is 11.0. The average Bonchev–Trinajstić information content (AvgIpc) is 2.80. The van der Waals surface area contributed by atoms with Crippen LogP contribution in [0.4, 0.5) is 11.4 Å². The first-order chi connectivity index (χ1) is 8.65. The van der Waals surface area contributed by atoms with Crippen LogP contribution in [0.25, 0.3) is 0 Å². The van der Waals surface area contributed by atoms with E-state index in [4.69, 9.17) is 5.73 Å². The van der Waals surface area contributed by atoms with Crippen LogP contribution in [0.5, 0.6) is 0 Å². The molecule has 0 bridgehead atoms. The van der Waals surface area contributed by atoms with Gasteiger partial charge < -0.3 is 16.0 Å². The fraction of sp³-hybridized carbons (Fsp3) is 0.571. The molecule has 0 saturated carbocycles. The van der Waals surface area contributed by atoms with Gasteiger partial charge in [-0.1, -0.05) is 6.92 Å². The first-order valence-electron chi connectivity index (χ1n) is 6.66. The van der Waals surface area contributed by atoms with Crippen LogP contribution in [-0.4, -0.2) is 31.1 Å². The number of hydrogen-bond donors (Lipinski definition) is 2. The van der Waals surface area contributed by atoms with Gasteiger partial charge in [-0.25, -0.2) is 0 Å². The van der Waals surface area contributed by atoms with Gasteiger partial charge in [0.05, 0.1) is 0 Å². The Kier molecular flexibility index (Phi) is 4.89. The number of benzene rings is 1. The van der Waals surface area contributed by atoms with E-state index in [-0.39, 0.29) is 0 Å². The summed E-state index contributed by atoms with van der Waals surface area (Å²) in [5.41, 5.74) is 7.64. The minimum Gasteiger partial charge on any atom is -0.399 e. The van der Waals surface area contributed by atoms with Gasteiger partial charge in [0.15, 0.2) is 0 Å². The lowest BCUT2D eigenvalue weighted by Crippen LogP contribution is -2.28. The third-order valence-electron chi connectivity index (χ3n) is 3.40. The second-order valence-electron chi connectivity index (χ2n) is 5.23. The number of hydrogen-bond acceptors (Lipinski definition) is 3. The van der Waals surface area contributed by atoms with Gasteiger partial charge in [0.2, 0.25) is 0 Å². The summed E-state index contributed by atoms with van der Waals surface area (Å²) >= 11 is 3.53. The molecule has 1 saturated heterocycles. The van der Waals surface area contributed by atoms with E-state index in [9.17, 15) is 0 Å². The van der Waals surface area contributed by atoms with Crippen LogP contribution in [0.1, 0.15) is 19.8 Å². The molecule has 2 rings (SSSR count). The molecule has 0 aromatic heterocycles. The van der Waals surface area contributed by atoms with Crippen molar-refractivity contribution < 1.29 is 0 Å². The van der Waals surface area contributed by atoms with Crippen LogP contribution in [0, 0.1) is 5.92 Å². The van der Waals surface area contributed by atoms with Crippen molar-refractivity contribution in [1.82, 2.24) is 4.90 Å². The molecule has 0 aliphatic carbocycles. The van der Waals surface area contributed by atoms with Crippen LogP contribution in [0.3, 0.4) is 0 Å². The SMILES string of the molecule is CC(CNc1ccc(N)cc1Br)CN1CCCC1. The van der Waals surface area contributed by atoms with Gasteiger partial charge in [-0.15, -0.1) is 0 Å². The molecular weight excluding hydrogens is 290 g/mol. The molecule has 3 nitrogen and oxygen atoms in total. The predicted octanol–water partition coefficient (Wildman–Crippen LogP) is 3.18. The minimum absolute atomic E-state index is 0.660. The lowest BCUT2D eigenvalue weighted by atomic mass is 10.1. The maximum Gasteiger partial charge on any atom is 0.0486 e. The monoisotopic (exact) mass is 311 g/mol. The van der Waals surface area contributed by atoms with Crippen molar-refractivity contribution in [1.29, 1.82) is 0 Å². The van der Waals surface area contributed by atoms with Gasteiger partial charge in [-0.05, 0) is 66.0 Å². The highest BCUT2D eigenvalue weighted by Crippen LogP contribution is 2.24. The molecule has 4 heteroatoms. The minimum atomic E-state index is 0.660. The quantitative estimate of drug-likeness (QED) is 0.821. The largest absolute Gasteiger partial charge is 0.399 e. The van der Waals surface area contributed by atoms with E-state index >= 15 is 0 Å².